The predicted molar refractivity (Wildman–Crippen MR) is 141 cm³/mol. The van der Waals surface area contributed by atoms with Gasteiger partial charge in [-0.05, 0) is 111 Å². The van der Waals surface area contributed by atoms with Crippen LogP contribution in [0, 0.1) is 46.3 Å². The van der Waals surface area contributed by atoms with Gasteiger partial charge in [-0.25, -0.2) is 0 Å². The molecule has 0 radical (unpaired) electrons. The Kier molecular flexibility index (Phi) is 8.39. The molecule has 0 aromatic heterocycles. The van der Waals surface area contributed by atoms with Gasteiger partial charge in [-0.2, -0.15) is 0 Å². The van der Waals surface area contributed by atoms with E-state index in [1.807, 2.05) is 0 Å². The SMILES string of the molecule is COC(=O)CC[C@@H](C)C1CCC2C3CC[C@H]4CC(NCCNC(C)C)CCC4(C)C3CCC21C. The monoisotopic (exact) mass is 474 g/mol. The van der Waals surface area contributed by atoms with Crippen LogP contribution in [-0.2, 0) is 9.53 Å². The Labute approximate surface area is 210 Å². The molecule has 4 saturated carbocycles. The molecule has 196 valence electrons. The summed E-state index contributed by atoms with van der Waals surface area (Å²) in [5.41, 5.74) is 1.05. The zero-order valence-electron chi connectivity index (χ0n) is 23.1. The van der Waals surface area contributed by atoms with Gasteiger partial charge >= 0.3 is 5.97 Å². The molecule has 4 fully saturated rings. The van der Waals surface area contributed by atoms with Crippen molar-refractivity contribution in [1.29, 1.82) is 0 Å². The Hall–Kier alpha value is -0.610. The lowest BCUT2D eigenvalue weighted by atomic mass is 9.44. The standard InChI is InChI=1S/C30H54N2O2/c1-20(2)31-17-18-32-23-13-15-29(4)22(19-23)8-9-24-26-11-10-25(21(3)7-12-28(33)34-6)30(26,5)16-14-27(24)29/h20-27,31-32H,7-19H2,1-6H3/t21-,22+,23?,24?,25?,26?,27?,29?,30?/m1/s1. The predicted octanol–water partition coefficient (Wildman–Crippen LogP) is 6.19. The molecule has 34 heavy (non-hydrogen) atoms. The van der Waals surface area contributed by atoms with E-state index in [-0.39, 0.29) is 5.97 Å². The molecule has 0 spiro atoms. The van der Waals surface area contributed by atoms with Gasteiger partial charge in [0.2, 0.25) is 0 Å². The number of methoxy groups -OCH3 is 1. The van der Waals surface area contributed by atoms with Gasteiger partial charge in [0, 0.05) is 31.6 Å². The maximum Gasteiger partial charge on any atom is 0.305 e. The average molecular weight is 475 g/mol. The zero-order valence-corrected chi connectivity index (χ0v) is 23.1. The molecule has 0 saturated heterocycles. The van der Waals surface area contributed by atoms with Crippen LogP contribution in [0.2, 0.25) is 0 Å². The van der Waals surface area contributed by atoms with Gasteiger partial charge in [0.1, 0.15) is 0 Å². The van der Waals surface area contributed by atoms with Crippen LogP contribution in [0.3, 0.4) is 0 Å². The number of nitrogens with one attached hydrogen (secondary N) is 2. The number of fused-ring (bicyclic) bond motifs is 5. The van der Waals surface area contributed by atoms with E-state index < -0.39 is 0 Å². The summed E-state index contributed by atoms with van der Waals surface area (Å²) in [6, 6.07) is 1.30. The Morgan fingerprint density at radius 2 is 1.68 bits per heavy atom. The van der Waals surface area contributed by atoms with Crippen molar-refractivity contribution in [3.63, 3.8) is 0 Å². The molecule has 0 heterocycles. The first-order chi connectivity index (χ1) is 16.2. The van der Waals surface area contributed by atoms with E-state index in [0.717, 1.165) is 55.1 Å². The number of hydrogen-bond donors (Lipinski definition) is 2. The van der Waals surface area contributed by atoms with Crippen LogP contribution in [0.5, 0.6) is 0 Å². The van der Waals surface area contributed by atoms with E-state index in [4.69, 9.17) is 4.74 Å². The first-order valence-electron chi connectivity index (χ1n) is 14.7. The maximum atomic E-state index is 11.7. The van der Waals surface area contributed by atoms with Crippen molar-refractivity contribution < 1.29 is 9.53 Å². The van der Waals surface area contributed by atoms with Crippen LogP contribution >= 0.6 is 0 Å². The second kappa shape index (κ2) is 10.8. The largest absolute Gasteiger partial charge is 0.469 e. The Morgan fingerprint density at radius 1 is 0.941 bits per heavy atom. The molecule has 2 N–H and O–H groups in total. The van der Waals surface area contributed by atoms with Gasteiger partial charge in [-0.1, -0.05) is 34.6 Å². The highest BCUT2D eigenvalue weighted by molar-refractivity contribution is 5.69. The van der Waals surface area contributed by atoms with Gasteiger partial charge in [0.05, 0.1) is 7.11 Å². The summed E-state index contributed by atoms with van der Waals surface area (Å²) in [6.07, 6.45) is 14.4. The zero-order chi connectivity index (χ0) is 24.5. The highest BCUT2D eigenvalue weighted by Crippen LogP contribution is 2.68. The van der Waals surface area contributed by atoms with E-state index in [9.17, 15) is 4.79 Å². The highest BCUT2D eigenvalue weighted by atomic mass is 16.5. The molecule has 4 rings (SSSR count). The van der Waals surface area contributed by atoms with Crippen LogP contribution in [0.15, 0.2) is 0 Å². The summed E-state index contributed by atoms with van der Waals surface area (Å²) in [4.78, 5) is 11.7. The maximum absolute atomic E-state index is 11.7. The second-order valence-corrected chi connectivity index (χ2v) is 13.5. The summed E-state index contributed by atoms with van der Waals surface area (Å²) < 4.78 is 4.92. The van der Waals surface area contributed by atoms with E-state index in [1.54, 1.807) is 0 Å². The lowest BCUT2D eigenvalue weighted by Gasteiger charge is -2.61. The molecule has 0 amide bonds. The molecule has 4 aliphatic carbocycles. The van der Waals surface area contributed by atoms with Crippen LogP contribution in [-0.4, -0.2) is 38.3 Å². The molecule has 4 aliphatic rings. The molecule has 4 nitrogen and oxygen atoms in total. The van der Waals surface area contributed by atoms with Gasteiger partial charge in [0.15, 0.2) is 0 Å². The number of ether oxygens (including phenoxy) is 1. The molecular formula is C30H54N2O2. The summed E-state index contributed by atoms with van der Waals surface area (Å²) in [7, 11) is 1.52. The molecule has 0 bridgehead atoms. The van der Waals surface area contributed by atoms with Gasteiger partial charge in [-0.3, -0.25) is 4.79 Å². The number of carbonyl (C=O) groups excluding carboxylic acids is 1. The second-order valence-electron chi connectivity index (χ2n) is 13.5. The fourth-order valence-corrected chi connectivity index (χ4v) is 9.70. The van der Waals surface area contributed by atoms with Crippen molar-refractivity contribution in [2.24, 2.45) is 46.3 Å². The highest BCUT2D eigenvalue weighted by Gasteiger charge is 2.60. The van der Waals surface area contributed by atoms with Crippen LogP contribution in [0.1, 0.15) is 105 Å². The van der Waals surface area contributed by atoms with Crippen molar-refractivity contribution in [3.05, 3.63) is 0 Å². The van der Waals surface area contributed by atoms with Crippen molar-refractivity contribution in [2.75, 3.05) is 20.2 Å². The molecule has 0 aromatic carbocycles. The number of carbonyl (C=O) groups is 1. The van der Waals surface area contributed by atoms with Gasteiger partial charge < -0.3 is 15.4 Å². The first-order valence-corrected chi connectivity index (χ1v) is 14.7. The minimum Gasteiger partial charge on any atom is -0.469 e. The lowest BCUT2D eigenvalue weighted by molar-refractivity contribution is -0.141. The van der Waals surface area contributed by atoms with Crippen LogP contribution < -0.4 is 10.6 Å². The first kappa shape index (κ1) is 26.5. The van der Waals surface area contributed by atoms with Crippen molar-refractivity contribution in [3.8, 4) is 0 Å². The molecule has 7 unspecified atom stereocenters. The van der Waals surface area contributed by atoms with E-state index in [1.165, 1.54) is 64.9 Å². The Bertz CT molecular complexity index is 695. The molecule has 0 aromatic rings. The average Bonchev–Trinajstić information content (AvgIpc) is 3.17. The fraction of sp³-hybridized carbons (Fsp3) is 0.967. The topological polar surface area (TPSA) is 50.4 Å². The smallest absolute Gasteiger partial charge is 0.305 e. The Balaban J connectivity index is 1.36. The van der Waals surface area contributed by atoms with E-state index in [2.05, 4.69) is 45.3 Å². The molecular weight excluding hydrogens is 420 g/mol. The summed E-state index contributed by atoms with van der Waals surface area (Å²) in [5.74, 6) is 5.08. The summed E-state index contributed by atoms with van der Waals surface area (Å²) >= 11 is 0. The van der Waals surface area contributed by atoms with Gasteiger partial charge in [-0.15, -0.1) is 0 Å². The number of esters is 1. The van der Waals surface area contributed by atoms with Gasteiger partial charge in [0.25, 0.3) is 0 Å². The third-order valence-electron chi connectivity index (χ3n) is 11.6. The third kappa shape index (κ3) is 5.10. The van der Waals surface area contributed by atoms with E-state index >= 15 is 0 Å². The Morgan fingerprint density at radius 3 is 2.41 bits per heavy atom. The molecule has 4 heteroatoms. The van der Waals surface area contributed by atoms with Crippen LogP contribution in [0.4, 0.5) is 0 Å². The number of hydrogen-bond acceptors (Lipinski definition) is 4. The fourth-order valence-electron chi connectivity index (χ4n) is 9.70. The summed E-state index contributed by atoms with van der Waals surface area (Å²) in [6.45, 7) is 14.4. The van der Waals surface area contributed by atoms with Crippen molar-refractivity contribution >= 4 is 5.97 Å². The lowest BCUT2D eigenvalue weighted by Crippen LogP contribution is -2.55. The van der Waals surface area contributed by atoms with E-state index in [0.29, 0.717) is 29.2 Å². The minimum atomic E-state index is -0.0391. The molecule has 0 aliphatic heterocycles. The minimum absolute atomic E-state index is 0.0391. The number of rotatable bonds is 9. The normalized spacial score (nSPS) is 42.6. The molecule has 9 atom stereocenters. The quantitative estimate of drug-likeness (QED) is 0.309. The summed E-state index contributed by atoms with van der Waals surface area (Å²) in [5, 5.41) is 7.44. The third-order valence-corrected chi connectivity index (χ3v) is 11.6. The van der Waals surface area contributed by atoms with Crippen molar-refractivity contribution in [1.82, 2.24) is 10.6 Å². The van der Waals surface area contributed by atoms with Crippen LogP contribution in [0.25, 0.3) is 0 Å². The van der Waals surface area contributed by atoms with Crippen molar-refractivity contribution in [2.45, 2.75) is 117 Å².